The van der Waals surface area contributed by atoms with Crippen LogP contribution in [0.2, 0.25) is 0 Å². The lowest BCUT2D eigenvalue weighted by molar-refractivity contribution is -0.133. The number of amides is 1. The second kappa shape index (κ2) is 6.26. The fourth-order valence-corrected chi connectivity index (χ4v) is 3.96. The van der Waals surface area contributed by atoms with Gasteiger partial charge in [-0.1, -0.05) is 18.2 Å². The highest BCUT2D eigenvalue weighted by Gasteiger charge is 2.34. The minimum atomic E-state index is -3.02. The van der Waals surface area contributed by atoms with Crippen molar-refractivity contribution < 1.29 is 17.9 Å². The van der Waals surface area contributed by atoms with Crippen LogP contribution < -0.4 is 4.74 Å². The summed E-state index contributed by atoms with van der Waals surface area (Å²) < 4.78 is 28.3. The van der Waals surface area contributed by atoms with E-state index in [1.165, 1.54) is 0 Å². The molecule has 0 bridgehead atoms. The minimum absolute atomic E-state index is 0.0181. The van der Waals surface area contributed by atoms with Gasteiger partial charge < -0.3 is 9.64 Å². The molecule has 0 N–H and O–H groups in total. The number of carbonyl (C=O) groups excluding carboxylic acids is 1. The Morgan fingerprint density at radius 2 is 2.05 bits per heavy atom. The molecule has 0 saturated carbocycles. The van der Waals surface area contributed by atoms with Crippen molar-refractivity contribution in [3.05, 3.63) is 30.3 Å². The molecule has 0 spiro atoms. The maximum absolute atomic E-state index is 12.1. The first-order chi connectivity index (χ1) is 9.48. The molecule has 0 aromatic heterocycles. The molecule has 1 aromatic carbocycles. The summed E-state index contributed by atoms with van der Waals surface area (Å²) in [5.41, 5.74) is 0. The molecule has 2 rings (SSSR count). The van der Waals surface area contributed by atoms with E-state index in [4.69, 9.17) is 4.74 Å². The largest absolute Gasteiger partial charge is 0.492 e. The smallest absolute Gasteiger partial charge is 0.226 e. The number of likely N-dealkylation sites (N-methyl/N-ethyl adjacent to an activating group) is 1. The second-order valence-corrected chi connectivity index (χ2v) is 7.25. The topological polar surface area (TPSA) is 63.7 Å². The van der Waals surface area contributed by atoms with E-state index in [-0.39, 0.29) is 23.3 Å². The van der Waals surface area contributed by atoms with E-state index in [0.717, 1.165) is 5.75 Å². The zero-order chi connectivity index (χ0) is 14.6. The van der Waals surface area contributed by atoms with E-state index < -0.39 is 9.84 Å². The number of hydrogen-bond donors (Lipinski definition) is 0. The molecule has 1 aliphatic rings. The number of rotatable bonds is 5. The summed E-state index contributed by atoms with van der Waals surface area (Å²) in [4.78, 5) is 13.6. The van der Waals surface area contributed by atoms with Gasteiger partial charge in [-0.2, -0.15) is 0 Å². The van der Waals surface area contributed by atoms with Crippen LogP contribution in [-0.2, 0) is 14.6 Å². The minimum Gasteiger partial charge on any atom is -0.492 e. The maximum atomic E-state index is 12.1. The summed E-state index contributed by atoms with van der Waals surface area (Å²) in [6.07, 6.45) is 0.436. The molecule has 1 aromatic rings. The Morgan fingerprint density at radius 3 is 2.65 bits per heavy atom. The molecule has 1 unspecified atom stereocenters. The molecular formula is C14H19NO4S. The van der Waals surface area contributed by atoms with Crippen LogP contribution in [0.3, 0.4) is 0 Å². The lowest BCUT2D eigenvalue weighted by Gasteiger charge is -2.20. The van der Waals surface area contributed by atoms with Gasteiger partial charge in [0.25, 0.3) is 0 Å². The number of carbonyl (C=O) groups is 1. The molecule has 5 nitrogen and oxygen atoms in total. The average Bonchev–Trinajstić information content (AvgIpc) is 2.79. The lowest BCUT2D eigenvalue weighted by atomic mass is 10.1. The van der Waals surface area contributed by atoms with Crippen LogP contribution in [-0.4, -0.2) is 50.9 Å². The molecule has 1 atom stereocenters. The SMILES string of the molecule is CN(CCOc1ccccc1)C(=O)C1CCS(=O)(=O)C1. The number of sulfone groups is 1. The van der Waals surface area contributed by atoms with Crippen LogP contribution in [0.1, 0.15) is 6.42 Å². The summed E-state index contributed by atoms with van der Waals surface area (Å²) in [7, 11) is -1.33. The standard InChI is InChI=1S/C14H19NO4S/c1-15(8-9-19-13-5-3-2-4-6-13)14(16)12-7-10-20(17,18)11-12/h2-6,12H,7-11H2,1H3. The van der Waals surface area contributed by atoms with Gasteiger partial charge in [0.05, 0.1) is 24.0 Å². The quantitative estimate of drug-likeness (QED) is 0.812. The normalized spacial score (nSPS) is 20.6. The predicted molar refractivity (Wildman–Crippen MR) is 76.3 cm³/mol. The molecule has 110 valence electrons. The number of para-hydroxylation sites is 1. The van der Waals surface area contributed by atoms with Crippen LogP contribution in [0.4, 0.5) is 0 Å². The van der Waals surface area contributed by atoms with E-state index in [1.54, 1.807) is 11.9 Å². The molecule has 1 saturated heterocycles. The lowest BCUT2D eigenvalue weighted by Crippen LogP contribution is -2.36. The van der Waals surface area contributed by atoms with Gasteiger partial charge in [-0.3, -0.25) is 4.79 Å². The van der Waals surface area contributed by atoms with Crippen LogP contribution in [0, 0.1) is 5.92 Å². The predicted octanol–water partition coefficient (Wildman–Crippen LogP) is 0.959. The van der Waals surface area contributed by atoms with E-state index in [1.807, 2.05) is 30.3 Å². The molecule has 1 fully saturated rings. The first-order valence-electron chi connectivity index (χ1n) is 6.61. The Morgan fingerprint density at radius 1 is 1.35 bits per heavy atom. The van der Waals surface area contributed by atoms with Crippen molar-refractivity contribution in [1.29, 1.82) is 0 Å². The Hall–Kier alpha value is -1.56. The van der Waals surface area contributed by atoms with Gasteiger partial charge in [0.1, 0.15) is 12.4 Å². The van der Waals surface area contributed by atoms with Crippen molar-refractivity contribution in [3.8, 4) is 5.75 Å². The molecule has 1 aliphatic heterocycles. The summed E-state index contributed by atoms with van der Waals surface area (Å²) >= 11 is 0. The van der Waals surface area contributed by atoms with Crippen molar-refractivity contribution in [2.45, 2.75) is 6.42 Å². The summed E-state index contributed by atoms with van der Waals surface area (Å²) in [5.74, 6) is 0.370. The monoisotopic (exact) mass is 297 g/mol. The van der Waals surface area contributed by atoms with Crippen LogP contribution in [0.25, 0.3) is 0 Å². The number of benzene rings is 1. The van der Waals surface area contributed by atoms with Crippen LogP contribution in [0.15, 0.2) is 30.3 Å². The third-order valence-corrected chi connectivity index (χ3v) is 5.16. The van der Waals surface area contributed by atoms with Crippen molar-refractivity contribution in [3.63, 3.8) is 0 Å². The molecule has 1 heterocycles. The van der Waals surface area contributed by atoms with Crippen molar-refractivity contribution in [2.24, 2.45) is 5.92 Å². The van der Waals surface area contributed by atoms with Crippen LogP contribution >= 0.6 is 0 Å². The molecule has 6 heteroatoms. The fourth-order valence-electron chi connectivity index (χ4n) is 2.23. The highest BCUT2D eigenvalue weighted by atomic mass is 32.2. The first-order valence-corrected chi connectivity index (χ1v) is 8.43. The third-order valence-electron chi connectivity index (χ3n) is 3.40. The Labute approximate surface area is 119 Å². The number of nitrogens with zero attached hydrogens (tertiary/aromatic N) is 1. The van der Waals surface area contributed by atoms with Crippen molar-refractivity contribution in [1.82, 2.24) is 4.90 Å². The van der Waals surface area contributed by atoms with Gasteiger partial charge in [0.2, 0.25) is 5.91 Å². The van der Waals surface area contributed by atoms with Gasteiger partial charge in [-0.05, 0) is 18.6 Å². The Balaban J connectivity index is 1.77. The average molecular weight is 297 g/mol. The van der Waals surface area contributed by atoms with Crippen molar-refractivity contribution >= 4 is 15.7 Å². The summed E-state index contributed by atoms with van der Waals surface area (Å²) in [5, 5.41) is 0. The maximum Gasteiger partial charge on any atom is 0.226 e. The van der Waals surface area contributed by atoms with Gasteiger partial charge >= 0.3 is 0 Å². The molecule has 0 aliphatic carbocycles. The summed E-state index contributed by atoms with van der Waals surface area (Å²) in [6, 6.07) is 9.38. The second-order valence-electron chi connectivity index (χ2n) is 5.02. The van der Waals surface area contributed by atoms with E-state index >= 15 is 0 Å². The Kier molecular flexibility index (Phi) is 4.65. The zero-order valence-corrected chi connectivity index (χ0v) is 12.3. The molecule has 0 radical (unpaired) electrons. The molecule has 1 amide bonds. The zero-order valence-electron chi connectivity index (χ0n) is 11.5. The molecular weight excluding hydrogens is 278 g/mol. The fraction of sp³-hybridized carbons (Fsp3) is 0.500. The van der Waals surface area contributed by atoms with E-state index in [0.29, 0.717) is 19.6 Å². The van der Waals surface area contributed by atoms with Gasteiger partial charge in [0.15, 0.2) is 9.84 Å². The molecule has 20 heavy (non-hydrogen) atoms. The van der Waals surface area contributed by atoms with E-state index in [9.17, 15) is 13.2 Å². The highest BCUT2D eigenvalue weighted by molar-refractivity contribution is 7.91. The van der Waals surface area contributed by atoms with Crippen LogP contribution in [0.5, 0.6) is 5.75 Å². The van der Waals surface area contributed by atoms with Gasteiger partial charge in [-0.15, -0.1) is 0 Å². The van der Waals surface area contributed by atoms with Crippen molar-refractivity contribution in [2.75, 3.05) is 31.7 Å². The first kappa shape index (κ1) is 14.8. The summed E-state index contributed by atoms with van der Waals surface area (Å²) in [6.45, 7) is 0.843. The van der Waals surface area contributed by atoms with E-state index in [2.05, 4.69) is 0 Å². The number of hydrogen-bond acceptors (Lipinski definition) is 4. The van der Waals surface area contributed by atoms with Gasteiger partial charge in [0, 0.05) is 7.05 Å². The Bertz CT molecular complexity index is 556. The third kappa shape index (κ3) is 3.96. The van der Waals surface area contributed by atoms with Gasteiger partial charge in [-0.25, -0.2) is 8.42 Å². The highest BCUT2D eigenvalue weighted by Crippen LogP contribution is 2.20. The number of ether oxygens (including phenoxy) is 1.